The summed E-state index contributed by atoms with van der Waals surface area (Å²) in [6, 6.07) is 10.2. The van der Waals surface area contributed by atoms with Gasteiger partial charge in [0.1, 0.15) is 0 Å². The molecular weight excluding hydrogens is 232 g/mol. The summed E-state index contributed by atoms with van der Waals surface area (Å²) < 4.78 is 16.4. The van der Waals surface area contributed by atoms with Crippen molar-refractivity contribution in [3.05, 3.63) is 42.2 Å². The first-order valence-corrected chi connectivity index (χ1v) is 7.36. The first kappa shape index (κ1) is 12.4. The summed E-state index contributed by atoms with van der Waals surface area (Å²) in [6.07, 6.45) is 3.85. The Morgan fingerprint density at radius 3 is 2.82 bits per heavy atom. The van der Waals surface area contributed by atoms with Crippen molar-refractivity contribution < 1.29 is 8.95 Å². The quantitative estimate of drug-likeness (QED) is 0.441. The molecule has 1 aliphatic rings. The molecule has 1 heterocycles. The second kappa shape index (κ2) is 6.01. The molecule has 1 saturated heterocycles. The maximum Gasteiger partial charge on any atom is 0.0873 e. The number of ether oxygens (including phenoxy) is 1. The van der Waals surface area contributed by atoms with Crippen molar-refractivity contribution >= 4 is 16.4 Å². The van der Waals surface area contributed by atoms with Crippen LogP contribution in [0.25, 0.3) is 5.57 Å². The molecule has 2 nitrogen and oxygen atoms in total. The molecule has 0 bridgehead atoms. The molecule has 3 heteroatoms. The molecule has 1 aromatic carbocycles. The van der Waals surface area contributed by atoms with Gasteiger partial charge in [0.15, 0.2) is 0 Å². The summed E-state index contributed by atoms with van der Waals surface area (Å²) in [5.41, 5.74) is 2.33. The SMILES string of the molecule is C/C(=C/OCCCC1CS1=O)c1ccccc1. The van der Waals surface area contributed by atoms with Crippen molar-refractivity contribution in [1.82, 2.24) is 0 Å². The van der Waals surface area contributed by atoms with E-state index in [1.54, 1.807) is 0 Å². The lowest BCUT2D eigenvalue weighted by molar-refractivity contribution is 0.244. The highest BCUT2D eigenvalue weighted by Crippen LogP contribution is 2.21. The molecule has 1 aromatic rings. The monoisotopic (exact) mass is 250 g/mol. The smallest absolute Gasteiger partial charge is 0.0873 e. The van der Waals surface area contributed by atoms with Gasteiger partial charge in [0.2, 0.25) is 0 Å². The summed E-state index contributed by atoms with van der Waals surface area (Å²) >= 11 is 0. The minimum absolute atomic E-state index is 0.456. The Morgan fingerprint density at radius 2 is 2.18 bits per heavy atom. The van der Waals surface area contributed by atoms with Crippen LogP contribution in [0.2, 0.25) is 0 Å². The number of benzene rings is 1. The molecule has 17 heavy (non-hydrogen) atoms. The zero-order chi connectivity index (χ0) is 12.1. The van der Waals surface area contributed by atoms with E-state index in [0.717, 1.165) is 30.8 Å². The molecule has 0 aromatic heterocycles. The Hall–Kier alpha value is -1.09. The van der Waals surface area contributed by atoms with E-state index < -0.39 is 10.8 Å². The third kappa shape index (κ3) is 4.00. The fourth-order valence-electron chi connectivity index (χ4n) is 1.71. The molecular formula is C14H18O2S. The van der Waals surface area contributed by atoms with E-state index in [4.69, 9.17) is 4.74 Å². The molecule has 0 saturated carbocycles. The lowest BCUT2D eigenvalue weighted by Gasteiger charge is -2.03. The first-order chi connectivity index (χ1) is 8.27. The zero-order valence-electron chi connectivity index (χ0n) is 10.1. The van der Waals surface area contributed by atoms with Crippen LogP contribution in [-0.4, -0.2) is 21.8 Å². The number of rotatable bonds is 6. The normalized spacial score (nSPS) is 23.5. The Labute approximate surface area is 105 Å². The van der Waals surface area contributed by atoms with Crippen LogP contribution in [0.1, 0.15) is 25.3 Å². The highest BCUT2D eigenvalue weighted by molar-refractivity contribution is 7.92. The molecule has 2 unspecified atom stereocenters. The number of hydrogen-bond donors (Lipinski definition) is 0. The predicted octanol–water partition coefficient (Wildman–Crippen LogP) is 2.98. The van der Waals surface area contributed by atoms with E-state index in [-0.39, 0.29) is 0 Å². The van der Waals surface area contributed by atoms with E-state index >= 15 is 0 Å². The van der Waals surface area contributed by atoms with Crippen molar-refractivity contribution in [2.24, 2.45) is 0 Å². The van der Waals surface area contributed by atoms with Crippen LogP contribution in [-0.2, 0) is 15.5 Å². The number of hydrogen-bond acceptors (Lipinski definition) is 2. The van der Waals surface area contributed by atoms with Gasteiger partial charge in [-0.25, -0.2) is 0 Å². The van der Waals surface area contributed by atoms with Crippen molar-refractivity contribution in [2.75, 3.05) is 12.4 Å². The first-order valence-electron chi connectivity index (χ1n) is 5.98. The fraction of sp³-hybridized carbons (Fsp3) is 0.429. The van der Waals surface area contributed by atoms with Crippen LogP contribution in [0, 0.1) is 0 Å². The molecule has 0 spiro atoms. The molecule has 0 amide bonds. The van der Waals surface area contributed by atoms with Crippen molar-refractivity contribution in [3.63, 3.8) is 0 Å². The van der Waals surface area contributed by atoms with E-state index in [1.807, 2.05) is 31.4 Å². The van der Waals surface area contributed by atoms with Gasteiger partial charge >= 0.3 is 0 Å². The van der Waals surface area contributed by atoms with Gasteiger partial charge in [0.05, 0.1) is 12.9 Å². The summed E-state index contributed by atoms with van der Waals surface area (Å²) in [5, 5.41) is 0.456. The van der Waals surface area contributed by atoms with Gasteiger partial charge in [-0.05, 0) is 30.9 Å². The van der Waals surface area contributed by atoms with Gasteiger partial charge in [0.25, 0.3) is 0 Å². The van der Waals surface area contributed by atoms with E-state index in [2.05, 4.69) is 12.1 Å². The molecule has 0 radical (unpaired) electrons. The summed E-state index contributed by atoms with van der Waals surface area (Å²) in [5.74, 6) is 0.902. The van der Waals surface area contributed by atoms with Crippen LogP contribution in [0.4, 0.5) is 0 Å². The third-order valence-corrected chi connectivity index (χ3v) is 4.33. The van der Waals surface area contributed by atoms with Crippen LogP contribution in [0.15, 0.2) is 36.6 Å². The van der Waals surface area contributed by atoms with Crippen LogP contribution < -0.4 is 0 Å². The Bertz CT molecular complexity index is 411. The average Bonchev–Trinajstić information content (AvgIpc) is 3.06. The van der Waals surface area contributed by atoms with Gasteiger partial charge in [-0.1, -0.05) is 30.3 Å². The minimum atomic E-state index is -0.514. The second-order valence-electron chi connectivity index (χ2n) is 4.35. The van der Waals surface area contributed by atoms with Crippen LogP contribution in [0.5, 0.6) is 0 Å². The summed E-state index contributed by atoms with van der Waals surface area (Å²) in [7, 11) is -0.514. The Kier molecular flexibility index (Phi) is 4.37. The maximum absolute atomic E-state index is 10.9. The summed E-state index contributed by atoms with van der Waals surface area (Å²) in [4.78, 5) is 0. The van der Waals surface area contributed by atoms with Gasteiger partial charge < -0.3 is 4.74 Å². The molecule has 0 aliphatic carbocycles. The highest BCUT2D eigenvalue weighted by Gasteiger charge is 2.31. The van der Waals surface area contributed by atoms with Gasteiger partial charge in [-0.2, -0.15) is 0 Å². The maximum atomic E-state index is 10.9. The second-order valence-corrected chi connectivity index (χ2v) is 6.11. The largest absolute Gasteiger partial charge is 0.501 e. The molecule has 92 valence electrons. The minimum Gasteiger partial charge on any atom is -0.501 e. The van der Waals surface area contributed by atoms with Gasteiger partial charge in [-0.15, -0.1) is 0 Å². The predicted molar refractivity (Wildman–Crippen MR) is 72.1 cm³/mol. The van der Waals surface area contributed by atoms with Crippen molar-refractivity contribution in [1.29, 1.82) is 0 Å². The third-order valence-electron chi connectivity index (χ3n) is 2.88. The van der Waals surface area contributed by atoms with Crippen LogP contribution >= 0.6 is 0 Å². The highest BCUT2D eigenvalue weighted by atomic mass is 32.2. The van der Waals surface area contributed by atoms with Gasteiger partial charge in [-0.3, -0.25) is 4.21 Å². The fourth-order valence-corrected chi connectivity index (χ4v) is 2.76. The molecule has 0 N–H and O–H groups in total. The molecule has 2 atom stereocenters. The Balaban J connectivity index is 1.67. The topological polar surface area (TPSA) is 26.3 Å². The van der Waals surface area contributed by atoms with Crippen LogP contribution in [0.3, 0.4) is 0 Å². The van der Waals surface area contributed by atoms with Gasteiger partial charge in [0, 0.05) is 21.8 Å². The van der Waals surface area contributed by atoms with Crippen molar-refractivity contribution in [3.8, 4) is 0 Å². The average molecular weight is 250 g/mol. The Morgan fingerprint density at radius 1 is 1.47 bits per heavy atom. The summed E-state index contributed by atoms with van der Waals surface area (Å²) in [6.45, 7) is 2.77. The lowest BCUT2D eigenvalue weighted by Crippen LogP contribution is -1.93. The standard InChI is InChI=1S/C14H18O2S/c1-12(13-6-3-2-4-7-13)10-16-9-5-8-14-11-17(14)15/h2-4,6-7,10,14H,5,8-9,11H2,1H3/b12-10-. The van der Waals surface area contributed by atoms with Crippen molar-refractivity contribution in [2.45, 2.75) is 25.0 Å². The van der Waals surface area contributed by atoms with E-state index in [0.29, 0.717) is 5.25 Å². The molecule has 2 rings (SSSR count). The van der Waals surface area contributed by atoms with E-state index in [9.17, 15) is 4.21 Å². The lowest BCUT2D eigenvalue weighted by atomic mass is 10.1. The van der Waals surface area contributed by atoms with E-state index in [1.165, 1.54) is 5.56 Å². The number of allylic oxidation sites excluding steroid dienone is 1. The molecule has 1 fully saturated rings. The zero-order valence-corrected chi connectivity index (χ0v) is 10.9. The molecule has 1 aliphatic heterocycles.